The van der Waals surface area contributed by atoms with Gasteiger partial charge in [-0.25, -0.2) is 4.98 Å². The van der Waals surface area contributed by atoms with Crippen molar-refractivity contribution >= 4 is 0 Å². The molecule has 0 atom stereocenters. The van der Waals surface area contributed by atoms with Crippen LogP contribution in [0.1, 0.15) is 19.8 Å². The first-order chi connectivity index (χ1) is 7.79. The van der Waals surface area contributed by atoms with Gasteiger partial charge in [-0.15, -0.1) is 0 Å². The fourth-order valence-electron chi connectivity index (χ4n) is 1.60. The summed E-state index contributed by atoms with van der Waals surface area (Å²) in [7, 11) is 0. The predicted octanol–water partition coefficient (Wildman–Crippen LogP) is 3.06. The Hall–Kier alpha value is -1.77. The largest absolute Gasteiger partial charge is 0.508 e. The lowest BCUT2D eigenvalue weighted by atomic mass is 10.2. The maximum Gasteiger partial charge on any atom is 0.115 e. The Labute approximate surface area is 95.4 Å². The van der Waals surface area contributed by atoms with Crippen LogP contribution in [0.4, 0.5) is 0 Å². The second-order valence-electron chi connectivity index (χ2n) is 3.90. The van der Waals surface area contributed by atoms with Gasteiger partial charge in [0.25, 0.3) is 0 Å². The van der Waals surface area contributed by atoms with Crippen LogP contribution in [-0.4, -0.2) is 14.7 Å². The summed E-state index contributed by atoms with van der Waals surface area (Å²) < 4.78 is 2.10. The normalized spacial score (nSPS) is 10.6. The zero-order valence-electron chi connectivity index (χ0n) is 9.43. The number of aromatic hydroxyl groups is 1. The number of benzene rings is 1. The van der Waals surface area contributed by atoms with Gasteiger partial charge in [-0.2, -0.15) is 0 Å². The van der Waals surface area contributed by atoms with Crippen molar-refractivity contribution in [1.29, 1.82) is 0 Å². The third-order valence-electron chi connectivity index (χ3n) is 2.57. The molecule has 3 nitrogen and oxygen atoms in total. The molecule has 0 spiro atoms. The Balaban J connectivity index is 2.15. The summed E-state index contributed by atoms with van der Waals surface area (Å²) in [6.45, 7) is 3.19. The summed E-state index contributed by atoms with van der Waals surface area (Å²) in [5.41, 5.74) is 1.99. The minimum Gasteiger partial charge on any atom is -0.508 e. The van der Waals surface area contributed by atoms with Crippen LogP contribution >= 0.6 is 0 Å². The van der Waals surface area contributed by atoms with Gasteiger partial charge in [0.15, 0.2) is 0 Å². The van der Waals surface area contributed by atoms with Gasteiger partial charge in [-0.3, -0.25) is 0 Å². The van der Waals surface area contributed by atoms with E-state index in [4.69, 9.17) is 0 Å². The van der Waals surface area contributed by atoms with Crippen LogP contribution in [0.2, 0.25) is 0 Å². The van der Waals surface area contributed by atoms with Gasteiger partial charge >= 0.3 is 0 Å². The molecule has 0 radical (unpaired) electrons. The molecule has 1 aromatic carbocycles. The second kappa shape index (κ2) is 4.84. The molecule has 84 valence electrons. The smallest absolute Gasteiger partial charge is 0.115 e. The van der Waals surface area contributed by atoms with Gasteiger partial charge < -0.3 is 9.67 Å². The molecule has 1 N–H and O–H groups in total. The summed E-state index contributed by atoms with van der Waals surface area (Å²) >= 11 is 0. The summed E-state index contributed by atoms with van der Waals surface area (Å²) in [4.78, 5) is 4.35. The van der Waals surface area contributed by atoms with E-state index in [0.29, 0.717) is 0 Å². The fourth-order valence-corrected chi connectivity index (χ4v) is 1.60. The Morgan fingerprint density at radius 1 is 1.25 bits per heavy atom. The van der Waals surface area contributed by atoms with E-state index in [1.54, 1.807) is 12.1 Å². The fraction of sp³-hybridized carbons (Fsp3) is 0.308. The second-order valence-corrected chi connectivity index (χ2v) is 3.90. The Morgan fingerprint density at radius 3 is 2.69 bits per heavy atom. The number of aromatic nitrogens is 2. The van der Waals surface area contributed by atoms with Crippen molar-refractivity contribution in [3.8, 4) is 17.0 Å². The summed E-state index contributed by atoms with van der Waals surface area (Å²) in [5, 5.41) is 9.20. The van der Waals surface area contributed by atoms with Crippen molar-refractivity contribution < 1.29 is 5.11 Å². The quantitative estimate of drug-likeness (QED) is 0.853. The summed E-state index contributed by atoms with van der Waals surface area (Å²) in [6.07, 6.45) is 6.26. The molecule has 2 rings (SSSR count). The third kappa shape index (κ3) is 2.42. The molecule has 0 amide bonds. The molecule has 0 aliphatic rings. The minimum atomic E-state index is 0.286. The van der Waals surface area contributed by atoms with Crippen LogP contribution in [0.5, 0.6) is 5.75 Å². The molecule has 0 bridgehead atoms. The Bertz CT molecular complexity index is 445. The van der Waals surface area contributed by atoms with Gasteiger partial charge in [-0.1, -0.05) is 13.3 Å². The number of unbranched alkanes of at least 4 members (excludes halogenated alkanes) is 1. The molecule has 16 heavy (non-hydrogen) atoms. The number of hydrogen-bond acceptors (Lipinski definition) is 2. The average molecular weight is 216 g/mol. The predicted molar refractivity (Wildman–Crippen MR) is 64.2 cm³/mol. The van der Waals surface area contributed by atoms with E-state index in [0.717, 1.165) is 17.8 Å². The molecule has 0 aliphatic carbocycles. The van der Waals surface area contributed by atoms with Gasteiger partial charge in [0, 0.05) is 18.3 Å². The number of aryl methyl sites for hydroxylation is 1. The van der Waals surface area contributed by atoms with E-state index in [2.05, 4.69) is 16.5 Å². The van der Waals surface area contributed by atoms with Crippen molar-refractivity contribution in [3.63, 3.8) is 0 Å². The average Bonchev–Trinajstić information content (AvgIpc) is 2.76. The SMILES string of the molecule is CCCCn1cnc(-c2ccc(O)cc2)c1. The van der Waals surface area contributed by atoms with E-state index >= 15 is 0 Å². The molecule has 0 saturated carbocycles. The minimum absolute atomic E-state index is 0.286. The van der Waals surface area contributed by atoms with Crippen LogP contribution < -0.4 is 0 Å². The lowest BCUT2D eigenvalue weighted by molar-refractivity contribution is 0.475. The lowest BCUT2D eigenvalue weighted by Crippen LogP contribution is -1.92. The number of rotatable bonds is 4. The summed E-state index contributed by atoms with van der Waals surface area (Å²) in [5.74, 6) is 0.286. The standard InChI is InChI=1S/C13H16N2O/c1-2-3-8-15-9-13(14-10-15)11-4-6-12(16)7-5-11/h4-7,9-10,16H,2-3,8H2,1H3. The highest BCUT2D eigenvalue weighted by Crippen LogP contribution is 2.19. The highest BCUT2D eigenvalue weighted by molar-refractivity contribution is 5.59. The molecule has 0 saturated heterocycles. The molecule has 0 fully saturated rings. The molecular formula is C13H16N2O. The van der Waals surface area contributed by atoms with Gasteiger partial charge in [-0.05, 0) is 30.7 Å². The number of imidazole rings is 1. The molecule has 2 aromatic rings. The number of hydrogen-bond donors (Lipinski definition) is 1. The first kappa shape index (κ1) is 10.7. The van der Waals surface area contributed by atoms with Gasteiger partial charge in [0.2, 0.25) is 0 Å². The van der Waals surface area contributed by atoms with Crippen molar-refractivity contribution in [2.45, 2.75) is 26.3 Å². The summed E-state index contributed by atoms with van der Waals surface area (Å²) in [6, 6.07) is 7.12. The first-order valence-electron chi connectivity index (χ1n) is 5.61. The highest BCUT2D eigenvalue weighted by Gasteiger charge is 2.01. The molecule has 0 unspecified atom stereocenters. The van der Waals surface area contributed by atoms with Crippen LogP contribution in [-0.2, 0) is 6.54 Å². The number of nitrogens with zero attached hydrogens (tertiary/aromatic N) is 2. The third-order valence-corrected chi connectivity index (χ3v) is 2.57. The van der Waals surface area contributed by atoms with Gasteiger partial charge in [0.1, 0.15) is 5.75 Å². The lowest BCUT2D eigenvalue weighted by Gasteiger charge is -1.98. The molecule has 0 aliphatic heterocycles. The Kier molecular flexibility index (Phi) is 3.25. The van der Waals surface area contributed by atoms with Gasteiger partial charge in [0.05, 0.1) is 12.0 Å². The zero-order valence-corrected chi connectivity index (χ0v) is 9.43. The zero-order chi connectivity index (χ0) is 11.4. The van der Waals surface area contributed by atoms with Crippen molar-refractivity contribution in [2.75, 3.05) is 0 Å². The van der Waals surface area contributed by atoms with E-state index < -0.39 is 0 Å². The monoisotopic (exact) mass is 216 g/mol. The number of phenols is 1. The van der Waals surface area contributed by atoms with E-state index in [-0.39, 0.29) is 5.75 Å². The van der Waals surface area contributed by atoms with Crippen LogP contribution in [0.25, 0.3) is 11.3 Å². The van der Waals surface area contributed by atoms with Crippen molar-refractivity contribution in [2.24, 2.45) is 0 Å². The maximum absolute atomic E-state index is 9.20. The molecule has 1 aromatic heterocycles. The molecule has 3 heteroatoms. The van der Waals surface area contributed by atoms with Crippen molar-refractivity contribution in [3.05, 3.63) is 36.8 Å². The Morgan fingerprint density at radius 2 is 2.00 bits per heavy atom. The molecule has 1 heterocycles. The van der Waals surface area contributed by atoms with Crippen LogP contribution in [0.3, 0.4) is 0 Å². The van der Waals surface area contributed by atoms with Crippen molar-refractivity contribution in [1.82, 2.24) is 9.55 Å². The number of phenolic OH excluding ortho intramolecular Hbond substituents is 1. The van der Waals surface area contributed by atoms with E-state index in [1.807, 2.05) is 24.7 Å². The first-order valence-corrected chi connectivity index (χ1v) is 5.61. The van der Waals surface area contributed by atoms with Crippen LogP contribution in [0, 0.1) is 0 Å². The topological polar surface area (TPSA) is 38.0 Å². The van der Waals surface area contributed by atoms with E-state index in [1.165, 1.54) is 12.8 Å². The van der Waals surface area contributed by atoms with E-state index in [9.17, 15) is 5.11 Å². The highest BCUT2D eigenvalue weighted by atomic mass is 16.3. The maximum atomic E-state index is 9.20. The van der Waals surface area contributed by atoms with Crippen LogP contribution in [0.15, 0.2) is 36.8 Å². The molecular weight excluding hydrogens is 200 g/mol.